The number of allylic oxidation sites excluding steroid dienone is 3. The van der Waals surface area contributed by atoms with Crippen LogP contribution in [0.4, 0.5) is 0 Å². The van der Waals surface area contributed by atoms with Gasteiger partial charge in [-0.05, 0) is 37.3 Å². The second-order valence-corrected chi connectivity index (χ2v) is 7.56. The van der Waals surface area contributed by atoms with Gasteiger partial charge in [-0.2, -0.15) is 5.26 Å². The van der Waals surface area contributed by atoms with Crippen molar-refractivity contribution in [1.29, 1.82) is 5.26 Å². The number of benzene rings is 1. The van der Waals surface area contributed by atoms with Gasteiger partial charge in [-0.15, -0.1) is 16.9 Å². The molecule has 0 saturated heterocycles. The molecule has 2 heterocycles. The molecular formula is C20H20N4OS. The lowest BCUT2D eigenvalue weighted by Crippen LogP contribution is -2.25. The SMILES string of the molecule is N#CC1=C(N)Oc2n[nH]c(CSc3ccccc3)c2[C@@H]1[C@@H]1C=CCCC1. The van der Waals surface area contributed by atoms with E-state index in [1.165, 1.54) is 4.90 Å². The third-order valence-electron chi connectivity index (χ3n) is 4.91. The molecule has 2 atom stereocenters. The number of H-pyrrole nitrogens is 1. The highest BCUT2D eigenvalue weighted by molar-refractivity contribution is 7.98. The van der Waals surface area contributed by atoms with E-state index in [0.717, 1.165) is 36.3 Å². The first-order chi connectivity index (χ1) is 12.8. The zero-order chi connectivity index (χ0) is 17.9. The van der Waals surface area contributed by atoms with Crippen molar-refractivity contribution in [2.24, 2.45) is 11.7 Å². The topological polar surface area (TPSA) is 87.7 Å². The van der Waals surface area contributed by atoms with E-state index < -0.39 is 0 Å². The monoisotopic (exact) mass is 364 g/mol. The summed E-state index contributed by atoms with van der Waals surface area (Å²) in [6.45, 7) is 0. The Hall–Kier alpha value is -2.65. The number of nitriles is 1. The lowest BCUT2D eigenvalue weighted by molar-refractivity contribution is 0.354. The first-order valence-corrected chi connectivity index (χ1v) is 9.75. The van der Waals surface area contributed by atoms with Gasteiger partial charge in [-0.3, -0.25) is 5.10 Å². The van der Waals surface area contributed by atoms with Crippen molar-refractivity contribution in [3.63, 3.8) is 0 Å². The highest BCUT2D eigenvalue weighted by Crippen LogP contribution is 2.46. The standard InChI is InChI=1S/C20H20N4OS/c21-11-15-17(13-7-3-1-4-8-13)18-16(23-24-20(18)25-19(15)22)12-26-14-9-5-2-6-10-14/h2-3,5-7,9-10,13,17H,1,4,8,12,22H2,(H,23,24)/t13-,17-/m1/s1. The molecule has 6 heteroatoms. The van der Waals surface area contributed by atoms with Gasteiger partial charge in [-0.25, -0.2) is 0 Å². The van der Waals surface area contributed by atoms with Crippen molar-refractivity contribution in [3.8, 4) is 11.9 Å². The molecule has 0 bridgehead atoms. The molecule has 2 aromatic rings. The second kappa shape index (κ2) is 7.30. The largest absolute Gasteiger partial charge is 0.420 e. The lowest BCUT2D eigenvalue weighted by atomic mass is 9.75. The highest BCUT2D eigenvalue weighted by atomic mass is 32.2. The van der Waals surface area contributed by atoms with Crippen molar-refractivity contribution in [1.82, 2.24) is 10.2 Å². The van der Waals surface area contributed by atoms with E-state index in [-0.39, 0.29) is 17.7 Å². The fourth-order valence-electron chi connectivity index (χ4n) is 3.67. The number of rotatable bonds is 4. The predicted molar refractivity (Wildman–Crippen MR) is 101 cm³/mol. The fourth-order valence-corrected chi connectivity index (χ4v) is 4.56. The molecule has 0 radical (unpaired) electrons. The Morgan fingerprint density at radius 1 is 1.35 bits per heavy atom. The van der Waals surface area contributed by atoms with Crippen molar-refractivity contribution in [3.05, 3.63) is 65.2 Å². The van der Waals surface area contributed by atoms with Gasteiger partial charge in [0.15, 0.2) is 0 Å². The zero-order valence-corrected chi connectivity index (χ0v) is 15.1. The van der Waals surface area contributed by atoms with Gasteiger partial charge in [-0.1, -0.05) is 30.4 Å². The molecule has 1 aliphatic carbocycles. The number of ether oxygens (including phenoxy) is 1. The van der Waals surface area contributed by atoms with Crippen LogP contribution >= 0.6 is 11.8 Å². The van der Waals surface area contributed by atoms with Crippen LogP contribution in [0.25, 0.3) is 0 Å². The predicted octanol–water partition coefficient (Wildman–Crippen LogP) is 4.23. The van der Waals surface area contributed by atoms with E-state index in [1.54, 1.807) is 11.8 Å². The normalized spacial score (nSPS) is 21.8. The molecule has 0 amide bonds. The van der Waals surface area contributed by atoms with Gasteiger partial charge in [0.2, 0.25) is 11.8 Å². The summed E-state index contributed by atoms with van der Waals surface area (Å²) in [5.74, 6) is 1.58. The third kappa shape index (κ3) is 3.11. The molecule has 0 spiro atoms. The molecule has 5 nitrogen and oxygen atoms in total. The Balaban J connectivity index is 1.68. The van der Waals surface area contributed by atoms with E-state index in [9.17, 15) is 5.26 Å². The molecule has 3 N–H and O–H groups in total. The zero-order valence-electron chi connectivity index (χ0n) is 14.3. The Bertz CT molecular complexity index is 894. The number of thioether (sulfide) groups is 1. The van der Waals surface area contributed by atoms with Crippen molar-refractivity contribution >= 4 is 11.8 Å². The van der Waals surface area contributed by atoms with Crippen molar-refractivity contribution < 1.29 is 4.74 Å². The van der Waals surface area contributed by atoms with E-state index in [4.69, 9.17) is 10.5 Å². The molecule has 0 fully saturated rings. The molecule has 0 unspecified atom stereocenters. The summed E-state index contributed by atoms with van der Waals surface area (Å²) >= 11 is 1.73. The van der Waals surface area contributed by atoms with E-state index >= 15 is 0 Å². The average molecular weight is 364 g/mol. The Labute approximate surface area is 156 Å². The third-order valence-corrected chi connectivity index (χ3v) is 5.95. The fraction of sp³-hybridized carbons (Fsp3) is 0.300. The maximum Gasteiger partial charge on any atom is 0.243 e. The molecule has 132 valence electrons. The van der Waals surface area contributed by atoms with E-state index in [2.05, 4.69) is 40.6 Å². The Morgan fingerprint density at radius 3 is 2.92 bits per heavy atom. The van der Waals surface area contributed by atoms with Gasteiger partial charge in [0.1, 0.15) is 6.07 Å². The summed E-state index contributed by atoms with van der Waals surface area (Å²) in [6.07, 6.45) is 7.67. The minimum atomic E-state index is -0.0922. The van der Waals surface area contributed by atoms with Crippen molar-refractivity contribution in [2.45, 2.75) is 35.8 Å². The number of hydrogen-bond donors (Lipinski definition) is 2. The summed E-state index contributed by atoms with van der Waals surface area (Å²) in [5.41, 5.74) is 8.52. The number of nitrogens with one attached hydrogen (secondary N) is 1. The van der Waals surface area contributed by atoms with Crippen molar-refractivity contribution in [2.75, 3.05) is 0 Å². The van der Waals surface area contributed by atoms with Crippen LogP contribution in [0.1, 0.15) is 36.4 Å². The minimum absolute atomic E-state index is 0.0922. The van der Waals surface area contributed by atoms with Crippen LogP contribution in [0.15, 0.2) is 58.8 Å². The van der Waals surface area contributed by atoms with Crippen LogP contribution in [0.2, 0.25) is 0 Å². The molecule has 0 saturated carbocycles. The molecule has 1 aliphatic heterocycles. The Morgan fingerprint density at radius 2 is 2.19 bits per heavy atom. The van der Waals surface area contributed by atoms with Crippen LogP contribution in [0.5, 0.6) is 5.88 Å². The van der Waals surface area contributed by atoms with Gasteiger partial charge >= 0.3 is 0 Å². The smallest absolute Gasteiger partial charge is 0.243 e. The molecular weight excluding hydrogens is 344 g/mol. The number of nitrogens with two attached hydrogens (primary N) is 1. The summed E-state index contributed by atoms with van der Waals surface area (Å²) in [7, 11) is 0. The number of hydrogen-bond acceptors (Lipinski definition) is 5. The number of fused-ring (bicyclic) bond motifs is 1. The minimum Gasteiger partial charge on any atom is -0.420 e. The first-order valence-electron chi connectivity index (χ1n) is 8.77. The lowest BCUT2D eigenvalue weighted by Gasteiger charge is -2.30. The number of nitrogens with zero attached hydrogens (tertiary/aromatic N) is 2. The average Bonchev–Trinajstić information content (AvgIpc) is 3.09. The quantitative estimate of drug-likeness (QED) is 0.626. The molecule has 1 aromatic carbocycles. The highest BCUT2D eigenvalue weighted by Gasteiger charge is 2.38. The van der Waals surface area contributed by atoms with Crippen LogP contribution in [-0.2, 0) is 5.75 Å². The number of aromatic amines is 1. The van der Waals surface area contributed by atoms with Gasteiger partial charge in [0, 0.05) is 22.1 Å². The molecule has 2 aliphatic rings. The van der Waals surface area contributed by atoms with Crippen LogP contribution in [-0.4, -0.2) is 10.2 Å². The maximum atomic E-state index is 9.70. The second-order valence-electron chi connectivity index (χ2n) is 6.52. The van der Waals surface area contributed by atoms with E-state index in [0.29, 0.717) is 11.5 Å². The molecule has 1 aromatic heterocycles. The summed E-state index contributed by atoms with van der Waals surface area (Å²) in [4.78, 5) is 1.19. The van der Waals surface area contributed by atoms with Gasteiger partial charge in [0.05, 0.1) is 11.3 Å². The number of aromatic nitrogens is 2. The summed E-state index contributed by atoms with van der Waals surface area (Å²) in [6, 6.07) is 12.5. The van der Waals surface area contributed by atoms with Crippen LogP contribution < -0.4 is 10.5 Å². The summed E-state index contributed by atoms with van der Waals surface area (Å²) < 4.78 is 5.65. The van der Waals surface area contributed by atoms with Gasteiger partial charge < -0.3 is 10.5 Å². The molecule has 26 heavy (non-hydrogen) atoms. The van der Waals surface area contributed by atoms with E-state index in [1.807, 2.05) is 18.2 Å². The van der Waals surface area contributed by atoms with Crippen LogP contribution in [0, 0.1) is 17.2 Å². The summed E-state index contributed by atoms with van der Waals surface area (Å²) in [5, 5.41) is 17.1. The van der Waals surface area contributed by atoms with Gasteiger partial charge in [0.25, 0.3) is 0 Å². The Kier molecular flexibility index (Phi) is 4.72. The maximum absolute atomic E-state index is 9.70. The van der Waals surface area contributed by atoms with Crippen LogP contribution in [0.3, 0.4) is 0 Å². The molecule has 4 rings (SSSR count). The first kappa shape index (κ1) is 16.8.